The molecule has 0 saturated heterocycles. The number of rotatable bonds is 5. The van der Waals surface area contributed by atoms with Gasteiger partial charge in [-0.2, -0.15) is 0 Å². The van der Waals surface area contributed by atoms with E-state index in [2.05, 4.69) is 0 Å². The highest BCUT2D eigenvalue weighted by Gasteiger charge is 2.26. The number of benzene rings is 2. The minimum atomic E-state index is -3.97. The van der Waals surface area contributed by atoms with E-state index in [0.717, 1.165) is 9.54 Å². The van der Waals surface area contributed by atoms with Gasteiger partial charge in [-0.05, 0) is 54.3 Å². The first kappa shape index (κ1) is 19.1. The van der Waals surface area contributed by atoms with Crippen molar-refractivity contribution in [2.24, 2.45) is 0 Å². The van der Waals surface area contributed by atoms with Gasteiger partial charge >= 0.3 is 5.97 Å². The van der Waals surface area contributed by atoms with Crippen LogP contribution in [0.3, 0.4) is 0 Å². The number of nitrogens with zero attached hydrogens (tertiary/aromatic N) is 1. The fraction of sp³-hybridized carbons (Fsp3) is 0.250. The molecule has 1 aromatic heterocycles. The highest BCUT2D eigenvalue weighted by Crippen LogP contribution is 2.31. The predicted octanol–water partition coefficient (Wildman–Crippen LogP) is 4.08. The summed E-state index contributed by atoms with van der Waals surface area (Å²) < 4.78 is 41.3. The van der Waals surface area contributed by atoms with Crippen molar-refractivity contribution in [2.45, 2.75) is 38.0 Å². The Morgan fingerprint density at radius 1 is 1.15 bits per heavy atom. The molecule has 142 valence electrons. The van der Waals surface area contributed by atoms with Crippen LogP contribution in [0.5, 0.6) is 0 Å². The zero-order chi connectivity index (χ0) is 19.9. The van der Waals surface area contributed by atoms with Gasteiger partial charge in [-0.25, -0.2) is 16.8 Å². The van der Waals surface area contributed by atoms with Crippen molar-refractivity contribution in [3.05, 3.63) is 65.1 Å². The molecule has 0 radical (unpaired) electrons. The van der Waals surface area contributed by atoms with Crippen LogP contribution in [0.25, 0.3) is 10.9 Å². The lowest BCUT2D eigenvalue weighted by molar-refractivity contribution is -0.136. The Morgan fingerprint density at radius 3 is 2.33 bits per heavy atom. The number of aliphatic carboxylic acids is 1. The second-order valence-corrected chi connectivity index (χ2v) is 8.58. The Bertz CT molecular complexity index is 1130. The predicted molar refractivity (Wildman–Crippen MR) is 101 cm³/mol. The van der Waals surface area contributed by atoms with Crippen molar-refractivity contribution >= 4 is 26.9 Å². The van der Waals surface area contributed by atoms with Crippen molar-refractivity contribution in [1.82, 2.24) is 3.97 Å². The molecular formula is C20H20FNO4S. The van der Waals surface area contributed by atoms with Gasteiger partial charge in [0.25, 0.3) is 10.0 Å². The summed E-state index contributed by atoms with van der Waals surface area (Å²) in [7, 11) is -3.97. The normalized spacial score (nSPS) is 12.0. The second-order valence-electron chi connectivity index (χ2n) is 6.79. The third-order valence-electron chi connectivity index (χ3n) is 4.66. The third kappa shape index (κ3) is 3.35. The van der Waals surface area contributed by atoms with E-state index in [0.29, 0.717) is 5.56 Å². The van der Waals surface area contributed by atoms with Gasteiger partial charge in [-0.1, -0.05) is 26.0 Å². The zero-order valence-corrected chi connectivity index (χ0v) is 16.0. The first-order chi connectivity index (χ1) is 12.6. The molecule has 0 bridgehead atoms. The number of halogens is 1. The Morgan fingerprint density at radius 2 is 1.78 bits per heavy atom. The fourth-order valence-electron chi connectivity index (χ4n) is 3.24. The van der Waals surface area contributed by atoms with Crippen LogP contribution in [0.1, 0.15) is 36.6 Å². The van der Waals surface area contributed by atoms with Gasteiger partial charge in [0.05, 0.1) is 16.8 Å². The summed E-state index contributed by atoms with van der Waals surface area (Å²) >= 11 is 0. The van der Waals surface area contributed by atoms with Crippen molar-refractivity contribution in [2.75, 3.05) is 0 Å². The molecule has 0 amide bonds. The summed E-state index contributed by atoms with van der Waals surface area (Å²) in [4.78, 5) is 11.3. The van der Waals surface area contributed by atoms with Crippen LogP contribution in [-0.2, 0) is 21.2 Å². The van der Waals surface area contributed by atoms with Crippen LogP contribution in [0.15, 0.2) is 47.4 Å². The number of carboxylic acid groups (broad SMARTS) is 1. The first-order valence-electron chi connectivity index (χ1n) is 8.49. The summed E-state index contributed by atoms with van der Waals surface area (Å²) in [5.74, 6) is -1.40. The summed E-state index contributed by atoms with van der Waals surface area (Å²) in [6.07, 6.45) is -0.388. The van der Waals surface area contributed by atoms with E-state index in [9.17, 15) is 22.7 Å². The minimum Gasteiger partial charge on any atom is -0.481 e. The Labute approximate surface area is 157 Å². The lowest BCUT2D eigenvalue weighted by Gasteiger charge is -2.12. The van der Waals surface area contributed by atoms with E-state index >= 15 is 0 Å². The van der Waals surface area contributed by atoms with Gasteiger partial charge in [0.2, 0.25) is 0 Å². The highest BCUT2D eigenvalue weighted by molar-refractivity contribution is 7.90. The minimum absolute atomic E-state index is 0.0955. The van der Waals surface area contributed by atoms with E-state index in [1.807, 2.05) is 13.8 Å². The van der Waals surface area contributed by atoms with E-state index in [1.165, 1.54) is 37.3 Å². The van der Waals surface area contributed by atoms with Crippen LogP contribution >= 0.6 is 0 Å². The summed E-state index contributed by atoms with van der Waals surface area (Å²) in [6, 6.07) is 10.3. The lowest BCUT2D eigenvalue weighted by atomic mass is 10.0. The third-order valence-corrected chi connectivity index (χ3v) is 6.48. The highest BCUT2D eigenvalue weighted by atomic mass is 32.2. The van der Waals surface area contributed by atoms with Crippen molar-refractivity contribution in [3.63, 3.8) is 0 Å². The molecule has 0 fully saturated rings. The molecule has 0 atom stereocenters. The molecule has 5 nitrogen and oxygen atoms in total. The molecule has 0 unspecified atom stereocenters. The maximum atomic E-state index is 13.7. The molecule has 1 heterocycles. The molecular weight excluding hydrogens is 369 g/mol. The molecule has 0 spiro atoms. The average Bonchev–Trinajstić information content (AvgIpc) is 2.86. The number of carboxylic acids is 1. The summed E-state index contributed by atoms with van der Waals surface area (Å²) in [5, 5.41) is 9.47. The Balaban J connectivity index is 2.26. The van der Waals surface area contributed by atoms with Gasteiger partial charge in [-0.3, -0.25) is 4.79 Å². The molecule has 0 aliphatic heterocycles. The topological polar surface area (TPSA) is 76.4 Å². The molecule has 7 heteroatoms. The molecule has 2 aromatic carbocycles. The van der Waals surface area contributed by atoms with Crippen LogP contribution in [0, 0.1) is 12.7 Å². The molecule has 27 heavy (non-hydrogen) atoms. The molecule has 0 saturated carbocycles. The standard InChI is InChI=1S/C20H20FNO4S/c1-12(2)14-4-7-16(8-5-14)27(25,26)22-13(3)17(11-20(23)24)18-10-15(21)6-9-19(18)22/h4-10,12H,11H2,1-3H3,(H,23,24). The Hall–Kier alpha value is -2.67. The van der Waals surface area contributed by atoms with Crippen molar-refractivity contribution in [3.8, 4) is 0 Å². The largest absolute Gasteiger partial charge is 0.481 e. The van der Waals surface area contributed by atoms with Gasteiger partial charge in [0, 0.05) is 11.1 Å². The number of hydrogen-bond donors (Lipinski definition) is 1. The maximum absolute atomic E-state index is 13.7. The number of fused-ring (bicyclic) bond motifs is 1. The van der Waals surface area contributed by atoms with Crippen LogP contribution in [0.2, 0.25) is 0 Å². The monoisotopic (exact) mass is 389 g/mol. The molecule has 0 aliphatic carbocycles. The van der Waals surface area contributed by atoms with Crippen LogP contribution in [-0.4, -0.2) is 23.5 Å². The molecule has 1 N–H and O–H groups in total. The van der Waals surface area contributed by atoms with E-state index in [-0.39, 0.29) is 33.8 Å². The summed E-state index contributed by atoms with van der Waals surface area (Å²) in [5.41, 5.74) is 1.83. The van der Waals surface area contributed by atoms with E-state index in [4.69, 9.17) is 0 Å². The van der Waals surface area contributed by atoms with Crippen molar-refractivity contribution < 1.29 is 22.7 Å². The SMILES string of the molecule is Cc1c(CC(=O)O)c2cc(F)ccc2n1S(=O)(=O)c1ccc(C(C)C)cc1. The van der Waals surface area contributed by atoms with Gasteiger partial charge < -0.3 is 5.11 Å². The van der Waals surface area contributed by atoms with Crippen LogP contribution < -0.4 is 0 Å². The van der Waals surface area contributed by atoms with Gasteiger partial charge in [0.15, 0.2) is 0 Å². The average molecular weight is 389 g/mol. The first-order valence-corrected chi connectivity index (χ1v) is 9.93. The van der Waals surface area contributed by atoms with Crippen LogP contribution in [0.4, 0.5) is 4.39 Å². The molecule has 3 rings (SSSR count). The quantitative estimate of drug-likeness (QED) is 0.713. The number of aromatic nitrogens is 1. The number of hydrogen-bond acceptors (Lipinski definition) is 3. The number of carbonyl (C=O) groups is 1. The second kappa shape index (κ2) is 6.81. The summed E-state index contributed by atoms with van der Waals surface area (Å²) in [6.45, 7) is 5.57. The fourth-order valence-corrected chi connectivity index (χ4v) is 4.82. The lowest BCUT2D eigenvalue weighted by Crippen LogP contribution is -2.15. The zero-order valence-electron chi connectivity index (χ0n) is 15.2. The Kier molecular flexibility index (Phi) is 4.82. The van der Waals surface area contributed by atoms with Gasteiger partial charge in [0.1, 0.15) is 5.82 Å². The van der Waals surface area contributed by atoms with Crippen molar-refractivity contribution in [1.29, 1.82) is 0 Å². The maximum Gasteiger partial charge on any atom is 0.307 e. The van der Waals surface area contributed by atoms with Gasteiger partial charge in [-0.15, -0.1) is 0 Å². The smallest absolute Gasteiger partial charge is 0.307 e. The molecule has 3 aromatic rings. The van der Waals surface area contributed by atoms with E-state index in [1.54, 1.807) is 12.1 Å². The molecule has 0 aliphatic rings. The van der Waals surface area contributed by atoms with E-state index < -0.39 is 21.8 Å².